The summed E-state index contributed by atoms with van der Waals surface area (Å²) in [7, 11) is 0. The molecule has 28 heavy (non-hydrogen) atoms. The van der Waals surface area contributed by atoms with Crippen molar-refractivity contribution in [3.8, 4) is 22.6 Å². The van der Waals surface area contributed by atoms with Crippen LogP contribution in [0.5, 0.6) is 11.5 Å². The highest BCUT2D eigenvalue weighted by atomic mass is 19.2. The minimum atomic E-state index is -1.06. The fourth-order valence-corrected chi connectivity index (χ4v) is 3.09. The molecule has 0 bridgehead atoms. The van der Waals surface area contributed by atoms with Crippen LogP contribution in [0.15, 0.2) is 48.5 Å². The number of carbonyl (C=O) groups is 1. The molecule has 0 aliphatic rings. The van der Waals surface area contributed by atoms with Gasteiger partial charge in [0.05, 0.1) is 18.8 Å². The van der Waals surface area contributed by atoms with Gasteiger partial charge in [-0.05, 0) is 35.7 Å². The van der Waals surface area contributed by atoms with Crippen LogP contribution in [0.3, 0.4) is 0 Å². The van der Waals surface area contributed by atoms with Gasteiger partial charge < -0.3 is 14.9 Å². The van der Waals surface area contributed by atoms with E-state index in [1.807, 2.05) is 30.3 Å². The molecule has 3 aromatic rings. The van der Waals surface area contributed by atoms with Crippen molar-refractivity contribution in [1.29, 1.82) is 0 Å². The van der Waals surface area contributed by atoms with E-state index in [0.29, 0.717) is 11.8 Å². The summed E-state index contributed by atoms with van der Waals surface area (Å²) in [4.78, 5) is 11.6. The third kappa shape index (κ3) is 3.73. The van der Waals surface area contributed by atoms with Gasteiger partial charge in [-0.15, -0.1) is 0 Å². The first-order valence-corrected chi connectivity index (χ1v) is 8.53. The molecule has 3 rings (SSSR count). The number of aldehydes is 1. The van der Waals surface area contributed by atoms with Crippen LogP contribution >= 0.6 is 0 Å². The monoisotopic (exact) mass is 384 g/mol. The van der Waals surface area contributed by atoms with E-state index >= 15 is 0 Å². The molecule has 0 aliphatic heterocycles. The number of hydrogen-bond acceptors (Lipinski definition) is 4. The maximum atomic E-state index is 13.8. The molecule has 2 N–H and O–H groups in total. The lowest BCUT2D eigenvalue weighted by Gasteiger charge is -2.19. The predicted octanol–water partition coefficient (Wildman–Crippen LogP) is 4.88. The molecule has 0 spiro atoms. The Hall–Kier alpha value is -3.25. The van der Waals surface area contributed by atoms with Crippen molar-refractivity contribution in [2.24, 2.45) is 0 Å². The molecule has 0 amide bonds. The SMILES string of the molecule is Cc1c(O)c(O)c(C=O)c(COCc2ccccc2)c1-c1ccc(F)c(F)c1. The molecule has 0 heterocycles. The summed E-state index contributed by atoms with van der Waals surface area (Å²) in [6.07, 6.45) is 0.402. The van der Waals surface area contributed by atoms with E-state index in [1.165, 1.54) is 13.0 Å². The second-order valence-corrected chi connectivity index (χ2v) is 6.31. The summed E-state index contributed by atoms with van der Waals surface area (Å²) < 4.78 is 32.8. The molecule has 0 fully saturated rings. The van der Waals surface area contributed by atoms with Gasteiger partial charge in [-0.1, -0.05) is 36.4 Å². The lowest BCUT2D eigenvalue weighted by molar-refractivity contribution is 0.103. The summed E-state index contributed by atoms with van der Waals surface area (Å²) in [5.41, 5.74) is 1.83. The minimum Gasteiger partial charge on any atom is -0.504 e. The summed E-state index contributed by atoms with van der Waals surface area (Å²) >= 11 is 0. The topological polar surface area (TPSA) is 66.8 Å². The lowest BCUT2D eigenvalue weighted by Crippen LogP contribution is -2.04. The molecule has 0 aromatic heterocycles. The van der Waals surface area contributed by atoms with E-state index in [9.17, 15) is 23.8 Å². The van der Waals surface area contributed by atoms with Gasteiger partial charge >= 0.3 is 0 Å². The molecule has 6 heteroatoms. The van der Waals surface area contributed by atoms with Crippen LogP contribution < -0.4 is 0 Å². The molecule has 0 radical (unpaired) electrons. The third-order valence-corrected chi connectivity index (χ3v) is 4.52. The maximum absolute atomic E-state index is 13.8. The second-order valence-electron chi connectivity index (χ2n) is 6.31. The Bertz CT molecular complexity index is 1020. The highest BCUT2D eigenvalue weighted by Crippen LogP contribution is 2.42. The van der Waals surface area contributed by atoms with Gasteiger partial charge in [-0.25, -0.2) is 8.78 Å². The molecule has 144 valence electrons. The maximum Gasteiger partial charge on any atom is 0.168 e. The Kier molecular flexibility index (Phi) is 5.70. The lowest BCUT2D eigenvalue weighted by atomic mass is 9.90. The molecular formula is C22H18F2O4. The zero-order valence-electron chi connectivity index (χ0n) is 15.1. The van der Waals surface area contributed by atoms with E-state index < -0.39 is 23.1 Å². The van der Waals surface area contributed by atoms with Crippen molar-refractivity contribution in [3.05, 3.63) is 82.4 Å². The molecule has 0 atom stereocenters. The molecule has 0 unspecified atom stereocenters. The van der Waals surface area contributed by atoms with Crippen molar-refractivity contribution < 1.29 is 28.5 Å². The number of rotatable bonds is 6. The van der Waals surface area contributed by atoms with Gasteiger partial charge in [0.15, 0.2) is 29.4 Å². The van der Waals surface area contributed by atoms with Gasteiger partial charge in [0, 0.05) is 11.1 Å². The van der Waals surface area contributed by atoms with Crippen LogP contribution in [-0.2, 0) is 18.0 Å². The Morgan fingerprint density at radius 1 is 0.964 bits per heavy atom. The van der Waals surface area contributed by atoms with Crippen LogP contribution in [0.4, 0.5) is 8.78 Å². The second kappa shape index (κ2) is 8.19. The van der Waals surface area contributed by atoms with Crippen molar-refractivity contribution in [2.75, 3.05) is 0 Å². The minimum absolute atomic E-state index is 0.0774. The number of phenolic OH excluding ortho intramolecular Hbond substituents is 2. The van der Waals surface area contributed by atoms with Gasteiger partial charge in [-0.3, -0.25) is 4.79 Å². The predicted molar refractivity (Wildman–Crippen MR) is 100 cm³/mol. The van der Waals surface area contributed by atoms with Crippen molar-refractivity contribution in [2.45, 2.75) is 20.1 Å². The first-order valence-electron chi connectivity index (χ1n) is 8.53. The number of benzene rings is 3. The van der Waals surface area contributed by atoms with Crippen LogP contribution in [-0.4, -0.2) is 16.5 Å². The van der Waals surface area contributed by atoms with E-state index in [4.69, 9.17) is 4.74 Å². The Labute approximate surface area is 160 Å². The van der Waals surface area contributed by atoms with E-state index in [0.717, 1.165) is 17.7 Å². The fourth-order valence-electron chi connectivity index (χ4n) is 3.09. The van der Waals surface area contributed by atoms with Gasteiger partial charge in [-0.2, -0.15) is 0 Å². The number of phenols is 2. The third-order valence-electron chi connectivity index (χ3n) is 4.52. The number of carbonyl (C=O) groups excluding carboxylic acids is 1. The first kappa shape index (κ1) is 19.5. The average molecular weight is 384 g/mol. The molecule has 3 aromatic carbocycles. The quantitative estimate of drug-likeness (QED) is 0.470. The smallest absolute Gasteiger partial charge is 0.168 e. The summed E-state index contributed by atoms with van der Waals surface area (Å²) in [6.45, 7) is 1.68. The molecular weight excluding hydrogens is 366 g/mol. The highest BCUT2D eigenvalue weighted by Gasteiger charge is 2.23. The first-order chi connectivity index (χ1) is 13.4. The number of hydrogen-bond donors (Lipinski definition) is 2. The average Bonchev–Trinajstić information content (AvgIpc) is 2.70. The number of halogens is 2. The van der Waals surface area contributed by atoms with Crippen LogP contribution in [0.25, 0.3) is 11.1 Å². The van der Waals surface area contributed by atoms with Crippen LogP contribution in [0.1, 0.15) is 27.0 Å². The van der Waals surface area contributed by atoms with Crippen molar-refractivity contribution >= 4 is 6.29 Å². The van der Waals surface area contributed by atoms with E-state index in [2.05, 4.69) is 0 Å². The summed E-state index contributed by atoms with van der Waals surface area (Å²) in [6, 6.07) is 12.6. The van der Waals surface area contributed by atoms with Gasteiger partial charge in [0.1, 0.15) is 0 Å². The zero-order valence-corrected chi connectivity index (χ0v) is 15.1. The molecule has 4 nitrogen and oxygen atoms in total. The van der Waals surface area contributed by atoms with Crippen molar-refractivity contribution in [1.82, 2.24) is 0 Å². The largest absolute Gasteiger partial charge is 0.504 e. The van der Waals surface area contributed by atoms with Gasteiger partial charge in [0.25, 0.3) is 0 Å². The van der Waals surface area contributed by atoms with E-state index in [-0.39, 0.29) is 35.5 Å². The molecule has 0 aliphatic carbocycles. The van der Waals surface area contributed by atoms with E-state index in [1.54, 1.807) is 0 Å². The molecule has 0 saturated heterocycles. The van der Waals surface area contributed by atoms with Crippen LogP contribution in [0.2, 0.25) is 0 Å². The molecule has 0 saturated carbocycles. The van der Waals surface area contributed by atoms with Crippen molar-refractivity contribution in [3.63, 3.8) is 0 Å². The summed E-state index contributed by atoms with van der Waals surface area (Å²) in [5.74, 6) is -3.14. The number of ether oxygens (including phenoxy) is 1. The number of aromatic hydroxyl groups is 2. The summed E-state index contributed by atoms with van der Waals surface area (Å²) in [5, 5.41) is 20.4. The Morgan fingerprint density at radius 3 is 2.32 bits per heavy atom. The normalized spacial score (nSPS) is 10.8. The zero-order chi connectivity index (χ0) is 20.3. The fraction of sp³-hybridized carbons (Fsp3) is 0.136. The van der Waals surface area contributed by atoms with Gasteiger partial charge in [0.2, 0.25) is 0 Å². The standard InChI is InChI=1S/C22H18F2O4/c1-13-20(15-7-8-18(23)19(24)9-15)17(16(10-25)22(27)21(13)26)12-28-11-14-5-3-2-4-6-14/h2-10,26-27H,11-12H2,1H3. The Morgan fingerprint density at radius 2 is 1.68 bits per heavy atom. The Balaban J connectivity index is 2.07. The highest BCUT2D eigenvalue weighted by molar-refractivity contribution is 5.90. The van der Waals surface area contributed by atoms with Crippen LogP contribution in [0, 0.1) is 18.6 Å².